The van der Waals surface area contributed by atoms with E-state index in [-0.39, 0.29) is 11.0 Å². The molecular formula is C17H14Cl2N2OS. The van der Waals surface area contributed by atoms with Gasteiger partial charge in [-0.05, 0) is 49.0 Å². The summed E-state index contributed by atoms with van der Waals surface area (Å²) in [5.74, 6) is -0.323. The van der Waals surface area contributed by atoms with E-state index in [0.717, 1.165) is 11.1 Å². The number of amides is 1. The molecule has 0 bridgehead atoms. The molecule has 0 aliphatic heterocycles. The second-order valence-corrected chi connectivity index (χ2v) is 6.13. The lowest BCUT2D eigenvalue weighted by atomic mass is 10.1. The quantitative estimate of drug-likeness (QED) is 0.605. The molecule has 2 aromatic rings. The molecule has 118 valence electrons. The highest BCUT2D eigenvalue weighted by molar-refractivity contribution is 7.80. The van der Waals surface area contributed by atoms with E-state index < -0.39 is 0 Å². The van der Waals surface area contributed by atoms with Gasteiger partial charge < -0.3 is 5.32 Å². The molecule has 0 heterocycles. The molecule has 2 rings (SSSR count). The van der Waals surface area contributed by atoms with Crippen LogP contribution < -0.4 is 10.6 Å². The van der Waals surface area contributed by atoms with Crippen LogP contribution in [0, 0.1) is 6.92 Å². The molecule has 0 unspecified atom stereocenters. The number of hydrogen-bond acceptors (Lipinski definition) is 2. The van der Waals surface area contributed by atoms with Crippen LogP contribution in [-0.2, 0) is 4.79 Å². The summed E-state index contributed by atoms with van der Waals surface area (Å²) in [5.41, 5.74) is 2.71. The summed E-state index contributed by atoms with van der Waals surface area (Å²) in [4.78, 5) is 11.8. The van der Waals surface area contributed by atoms with Gasteiger partial charge in [0.15, 0.2) is 5.11 Å². The minimum absolute atomic E-state index is 0.168. The molecular weight excluding hydrogens is 351 g/mol. The fourth-order valence-electron chi connectivity index (χ4n) is 1.79. The maximum atomic E-state index is 11.8. The second-order valence-electron chi connectivity index (χ2n) is 4.85. The first-order valence-corrected chi connectivity index (χ1v) is 7.91. The van der Waals surface area contributed by atoms with Gasteiger partial charge >= 0.3 is 0 Å². The van der Waals surface area contributed by atoms with Gasteiger partial charge in [0.2, 0.25) is 5.91 Å². The summed E-state index contributed by atoms with van der Waals surface area (Å²) < 4.78 is 0. The number of rotatable bonds is 3. The van der Waals surface area contributed by atoms with Crippen LogP contribution in [0.3, 0.4) is 0 Å². The van der Waals surface area contributed by atoms with Crippen molar-refractivity contribution in [2.45, 2.75) is 6.92 Å². The Bertz CT molecular complexity index is 737. The van der Waals surface area contributed by atoms with E-state index in [0.29, 0.717) is 15.7 Å². The number of aryl methyl sites for hydroxylation is 1. The highest BCUT2D eigenvalue weighted by atomic mass is 35.5. The van der Waals surface area contributed by atoms with E-state index in [9.17, 15) is 4.79 Å². The monoisotopic (exact) mass is 364 g/mol. The summed E-state index contributed by atoms with van der Waals surface area (Å²) in [6, 6.07) is 12.8. The molecule has 1 amide bonds. The van der Waals surface area contributed by atoms with Crippen molar-refractivity contribution in [1.29, 1.82) is 0 Å². The van der Waals surface area contributed by atoms with Gasteiger partial charge in [-0.2, -0.15) is 0 Å². The van der Waals surface area contributed by atoms with Crippen molar-refractivity contribution in [3.63, 3.8) is 0 Å². The van der Waals surface area contributed by atoms with E-state index in [1.165, 1.54) is 6.08 Å². The fraction of sp³-hybridized carbons (Fsp3) is 0.0588. The van der Waals surface area contributed by atoms with Crippen LogP contribution in [0.1, 0.15) is 11.1 Å². The van der Waals surface area contributed by atoms with Crippen LogP contribution in [0.25, 0.3) is 6.08 Å². The molecule has 2 N–H and O–H groups in total. The number of hydrogen-bond donors (Lipinski definition) is 2. The van der Waals surface area contributed by atoms with Crippen LogP contribution in [0.4, 0.5) is 5.69 Å². The molecule has 0 atom stereocenters. The van der Waals surface area contributed by atoms with E-state index >= 15 is 0 Å². The summed E-state index contributed by atoms with van der Waals surface area (Å²) in [6.07, 6.45) is 3.14. The first-order chi connectivity index (χ1) is 10.9. The Labute approximate surface area is 150 Å². The normalized spacial score (nSPS) is 10.6. The predicted octanol–water partition coefficient (Wildman–Crippen LogP) is 4.83. The van der Waals surface area contributed by atoms with Crippen molar-refractivity contribution in [3.8, 4) is 0 Å². The number of carbonyl (C=O) groups excluding carboxylic acids is 1. The predicted molar refractivity (Wildman–Crippen MR) is 101 cm³/mol. The van der Waals surface area contributed by atoms with E-state index in [1.54, 1.807) is 24.3 Å². The molecule has 0 radical (unpaired) electrons. The highest BCUT2D eigenvalue weighted by Gasteiger charge is 2.03. The van der Waals surface area contributed by atoms with Crippen LogP contribution in [-0.4, -0.2) is 11.0 Å². The molecule has 0 fully saturated rings. The zero-order valence-corrected chi connectivity index (χ0v) is 14.6. The average Bonchev–Trinajstić information content (AvgIpc) is 2.45. The SMILES string of the molecule is Cc1ccc(/C=C\C(=O)NC(=S)Nc2cc(Cl)cc(Cl)c2)cc1. The minimum Gasteiger partial charge on any atom is -0.332 e. The first kappa shape index (κ1) is 17.5. The number of carbonyl (C=O) groups is 1. The third-order valence-electron chi connectivity index (χ3n) is 2.86. The largest absolute Gasteiger partial charge is 0.332 e. The first-order valence-electron chi connectivity index (χ1n) is 6.75. The topological polar surface area (TPSA) is 41.1 Å². The zero-order valence-electron chi connectivity index (χ0n) is 12.3. The Morgan fingerprint density at radius 3 is 2.30 bits per heavy atom. The molecule has 0 saturated carbocycles. The molecule has 0 saturated heterocycles. The molecule has 3 nitrogen and oxygen atoms in total. The minimum atomic E-state index is -0.323. The lowest BCUT2D eigenvalue weighted by Crippen LogP contribution is -2.32. The Kier molecular flexibility index (Phi) is 6.16. The third kappa shape index (κ3) is 6.02. The molecule has 0 aromatic heterocycles. The highest BCUT2D eigenvalue weighted by Crippen LogP contribution is 2.22. The van der Waals surface area contributed by atoms with Crippen LogP contribution in [0.15, 0.2) is 48.5 Å². The number of anilines is 1. The summed E-state index contributed by atoms with van der Waals surface area (Å²) in [5, 5.41) is 6.54. The summed E-state index contributed by atoms with van der Waals surface area (Å²) in [7, 11) is 0. The van der Waals surface area contributed by atoms with Gasteiger partial charge in [-0.3, -0.25) is 10.1 Å². The van der Waals surface area contributed by atoms with Crippen molar-refractivity contribution in [1.82, 2.24) is 5.32 Å². The van der Waals surface area contributed by atoms with Gasteiger partial charge in [0, 0.05) is 21.8 Å². The van der Waals surface area contributed by atoms with Crippen LogP contribution in [0.2, 0.25) is 10.0 Å². The van der Waals surface area contributed by atoms with Gasteiger partial charge in [-0.15, -0.1) is 0 Å². The molecule has 0 aliphatic rings. The maximum Gasteiger partial charge on any atom is 0.250 e. The Hall–Kier alpha value is -1.88. The number of nitrogens with one attached hydrogen (secondary N) is 2. The zero-order chi connectivity index (χ0) is 16.8. The smallest absolute Gasteiger partial charge is 0.250 e. The lowest BCUT2D eigenvalue weighted by molar-refractivity contribution is -0.115. The Balaban J connectivity index is 1.91. The Morgan fingerprint density at radius 2 is 1.70 bits per heavy atom. The van der Waals surface area contributed by atoms with Crippen LogP contribution >= 0.6 is 35.4 Å². The summed E-state index contributed by atoms with van der Waals surface area (Å²) in [6.45, 7) is 2.01. The van der Waals surface area contributed by atoms with E-state index in [4.69, 9.17) is 35.4 Å². The number of halogens is 2. The standard InChI is InChI=1S/C17H14Cl2N2OS/c1-11-2-4-12(5-3-11)6-7-16(22)21-17(23)20-15-9-13(18)8-14(19)10-15/h2-10H,1H3,(H2,20,21,22,23)/b7-6-. The molecule has 23 heavy (non-hydrogen) atoms. The fourth-order valence-corrected chi connectivity index (χ4v) is 2.54. The van der Waals surface area contributed by atoms with E-state index in [2.05, 4.69) is 10.6 Å². The second kappa shape index (κ2) is 8.11. The van der Waals surface area contributed by atoms with Crippen molar-refractivity contribution in [2.75, 3.05) is 5.32 Å². The molecule has 6 heteroatoms. The van der Waals surface area contributed by atoms with Gasteiger partial charge in [-0.1, -0.05) is 53.0 Å². The number of thiocarbonyl (C=S) groups is 1. The third-order valence-corrected chi connectivity index (χ3v) is 3.50. The average molecular weight is 365 g/mol. The molecule has 0 spiro atoms. The van der Waals surface area contributed by atoms with Gasteiger partial charge in [0.1, 0.15) is 0 Å². The van der Waals surface area contributed by atoms with Gasteiger partial charge in [-0.25, -0.2) is 0 Å². The van der Waals surface area contributed by atoms with Crippen molar-refractivity contribution >= 4 is 58.2 Å². The van der Waals surface area contributed by atoms with Crippen molar-refractivity contribution in [3.05, 3.63) is 69.7 Å². The summed E-state index contributed by atoms with van der Waals surface area (Å²) >= 11 is 16.9. The van der Waals surface area contributed by atoms with Crippen LogP contribution in [0.5, 0.6) is 0 Å². The lowest BCUT2D eigenvalue weighted by Gasteiger charge is -2.08. The van der Waals surface area contributed by atoms with Crippen molar-refractivity contribution in [2.24, 2.45) is 0 Å². The maximum absolute atomic E-state index is 11.8. The Morgan fingerprint density at radius 1 is 1.09 bits per heavy atom. The van der Waals surface area contributed by atoms with E-state index in [1.807, 2.05) is 31.2 Å². The van der Waals surface area contributed by atoms with Gasteiger partial charge in [0.05, 0.1) is 0 Å². The number of benzene rings is 2. The molecule has 2 aromatic carbocycles. The molecule has 0 aliphatic carbocycles. The van der Waals surface area contributed by atoms with Crippen molar-refractivity contribution < 1.29 is 4.79 Å². The van der Waals surface area contributed by atoms with Gasteiger partial charge in [0.25, 0.3) is 0 Å².